The van der Waals surface area contributed by atoms with Crippen LogP contribution in [0.5, 0.6) is 0 Å². The molecule has 0 heterocycles. The van der Waals surface area contributed by atoms with Crippen molar-refractivity contribution in [2.75, 3.05) is 11.0 Å². The predicted molar refractivity (Wildman–Crippen MR) is 90.9 cm³/mol. The predicted octanol–water partition coefficient (Wildman–Crippen LogP) is 4.66. The van der Waals surface area contributed by atoms with Crippen LogP contribution in [-0.2, 0) is 15.8 Å². The fourth-order valence-corrected chi connectivity index (χ4v) is 4.38. The summed E-state index contributed by atoms with van der Waals surface area (Å²) < 4.78 is 27.2. The molecule has 0 radical (unpaired) electrons. The number of nitrogens with one attached hydrogen (secondary N) is 1. The Kier molecular flexibility index (Phi) is 5.43. The van der Waals surface area contributed by atoms with E-state index in [1.807, 2.05) is 18.4 Å². The molecule has 0 aliphatic carbocycles. The number of rotatable bonds is 5. The first-order valence-electron chi connectivity index (χ1n) is 5.99. The molecule has 0 aliphatic heterocycles. The van der Waals surface area contributed by atoms with Gasteiger partial charge in [-0.3, -0.25) is 4.72 Å². The third kappa shape index (κ3) is 4.30. The number of sulfonamides is 1. The largest absolute Gasteiger partial charge is 0.282 e. The van der Waals surface area contributed by atoms with Gasteiger partial charge in [-0.05, 0) is 30.5 Å². The summed E-state index contributed by atoms with van der Waals surface area (Å²) in [7, 11) is -3.60. The minimum atomic E-state index is -3.60. The topological polar surface area (TPSA) is 46.2 Å². The van der Waals surface area contributed by atoms with E-state index in [4.69, 9.17) is 23.2 Å². The minimum absolute atomic E-state index is 0.270. The quantitative estimate of drug-likeness (QED) is 0.787. The first kappa shape index (κ1) is 16.5. The summed E-state index contributed by atoms with van der Waals surface area (Å²) in [6, 6.07) is 12.1. The zero-order valence-electron chi connectivity index (χ0n) is 11.1. The third-order valence-corrected chi connectivity index (χ3v) is 5.47. The van der Waals surface area contributed by atoms with E-state index in [0.29, 0.717) is 21.3 Å². The monoisotopic (exact) mass is 361 g/mol. The highest BCUT2D eigenvalue weighted by Gasteiger charge is 2.17. The van der Waals surface area contributed by atoms with Crippen LogP contribution in [-0.4, -0.2) is 14.7 Å². The Morgan fingerprint density at radius 3 is 2.29 bits per heavy atom. The van der Waals surface area contributed by atoms with Gasteiger partial charge < -0.3 is 0 Å². The molecule has 0 saturated heterocycles. The van der Waals surface area contributed by atoms with Gasteiger partial charge in [-0.15, -0.1) is 11.8 Å². The Morgan fingerprint density at radius 1 is 1.05 bits per heavy atom. The van der Waals surface area contributed by atoms with Gasteiger partial charge in [0, 0.05) is 20.5 Å². The smallest absolute Gasteiger partial charge is 0.237 e. The highest BCUT2D eigenvalue weighted by Crippen LogP contribution is 2.29. The van der Waals surface area contributed by atoms with Crippen LogP contribution in [0.2, 0.25) is 10.0 Å². The van der Waals surface area contributed by atoms with E-state index < -0.39 is 10.0 Å². The van der Waals surface area contributed by atoms with Crippen LogP contribution < -0.4 is 4.72 Å². The maximum absolute atomic E-state index is 12.3. The molecule has 2 rings (SSSR count). The highest BCUT2D eigenvalue weighted by atomic mass is 35.5. The third-order valence-electron chi connectivity index (χ3n) is 2.77. The van der Waals surface area contributed by atoms with E-state index in [-0.39, 0.29) is 5.75 Å². The molecule has 2 aromatic rings. The number of benzene rings is 2. The fraction of sp³-hybridized carbons (Fsp3) is 0.143. The second kappa shape index (κ2) is 6.92. The number of anilines is 1. The molecule has 21 heavy (non-hydrogen) atoms. The van der Waals surface area contributed by atoms with Crippen LogP contribution >= 0.6 is 35.0 Å². The molecule has 0 amide bonds. The van der Waals surface area contributed by atoms with Crippen LogP contribution in [0.1, 0.15) is 5.56 Å². The number of hydrogen-bond acceptors (Lipinski definition) is 3. The van der Waals surface area contributed by atoms with Crippen molar-refractivity contribution in [1.82, 2.24) is 0 Å². The van der Waals surface area contributed by atoms with Crippen molar-refractivity contribution in [3.8, 4) is 0 Å². The van der Waals surface area contributed by atoms with Crippen LogP contribution in [0.4, 0.5) is 5.69 Å². The van der Waals surface area contributed by atoms with Gasteiger partial charge in [0.15, 0.2) is 0 Å². The number of halogens is 2. The standard InChI is InChI=1S/C14H13Cl2NO2S2/c1-20-14-8-3-2-7-13(14)17-21(18,19)9-10-11(15)5-4-6-12(10)16/h2-8,17H,9H2,1H3. The minimum Gasteiger partial charge on any atom is -0.282 e. The first-order chi connectivity index (χ1) is 9.93. The second-order valence-corrected chi connectivity index (χ2v) is 7.65. The van der Waals surface area contributed by atoms with Crippen LogP contribution in [0.15, 0.2) is 47.4 Å². The van der Waals surface area contributed by atoms with Crippen molar-refractivity contribution in [3.05, 3.63) is 58.1 Å². The van der Waals surface area contributed by atoms with Gasteiger partial charge in [0.25, 0.3) is 0 Å². The molecule has 0 bridgehead atoms. The maximum atomic E-state index is 12.3. The van der Waals surface area contributed by atoms with Crippen molar-refractivity contribution in [3.63, 3.8) is 0 Å². The highest BCUT2D eigenvalue weighted by molar-refractivity contribution is 7.99. The van der Waals surface area contributed by atoms with Crippen LogP contribution in [0.25, 0.3) is 0 Å². The molecule has 1 N–H and O–H groups in total. The van der Waals surface area contributed by atoms with Crippen molar-refractivity contribution in [2.24, 2.45) is 0 Å². The Balaban J connectivity index is 2.27. The molecular weight excluding hydrogens is 349 g/mol. The summed E-state index contributed by atoms with van der Waals surface area (Å²) in [5.41, 5.74) is 0.947. The summed E-state index contributed by atoms with van der Waals surface area (Å²) in [6.07, 6.45) is 1.89. The van der Waals surface area contributed by atoms with Gasteiger partial charge in [-0.2, -0.15) is 0 Å². The molecule has 3 nitrogen and oxygen atoms in total. The average Bonchev–Trinajstić information content (AvgIpc) is 2.43. The van der Waals surface area contributed by atoms with E-state index in [1.54, 1.807) is 30.3 Å². The molecule has 0 aliphatic rings. The zero-order chi connectivity index (χ0) is 15.5. The Morgan fingerprint density at radius 2 is 1.67 bits per heavy atom. The molecule has 0 unspecified atom stereocenters. The molecule has 0 atom stereocenters. The summed E-state index contributed by atoms with van der Waals surface area (Å²) in [6.45, 7) is 0. The van der Waals surface area contributed by atoms with E-state index >= 15 is 0 Å². The van der Waals surface area contributed by atoms with Crippen molar-refractivity contribution in [2.45, 2.75) is 10.6 Å². The molecule has 0 aromatic heterocycles. The Hall–Kier alpha value is -0.880. The summed E-state index contributed by atoms with van der Waals surface area (Å²) >= 11 is 13.5. The molecule has 112 valence electrons. The average molecular weight is 362 g/mol. The molecular formula is C14H13Cl2NO2S2. The van der Waals surface area contributed by atoms with E-state index in [0.717, 1.165) is 4.90 Å². The second-order valence-electron chi connectivity index (χ2n) is 4.26. The Labute approximate surface area is 138 Å². The van der Waals surface area contributed by atoms with E-state index in [9.17, 15) is 8.42 Å². The molecule has 7 heteroatoms. The molecule has 2 aromatic carbocycles. The Bertz CT molecular complexity index is 728. The van der Waals surface area contributed by atoms with Gasteiger partial charge in [-0.25, -0.2) is 8.42 Å². The summed E-state index contributed by atoms with van der Waals surface area (Å²) in [5.74, 6) is -0.270. The normalized spacial score (nSPS) is 11.4. The number of thioether (sulfide) groups is 1. The zero-order valence-corrected chi connectivity index (χ0v) is 14.3. The lowest BCUT2D eigenvalue weighted by Gasteiger charge is -2.12. The van der Waals surface area contributed by atoms with Gasteiger partial charge in [0.2, 0.25) is 10.0 Å². The van der Waals surface area contributed by atoms with Crippen molar-refractivity contribution < 1.29 is 8.42 Å². The first-order valence-corrected chi connectivity index (χ1v) is 9.62. The van der Waals surface area contributed by atoms with E-state index in [1.165, 1.54) is 11.8 Å². The molecule has 0 fully saturated rings. The van der Waals surface area contributed by atoms with Gasteiger partial charge >= 0.3 is 0 Å². The van der Waals surface area contributed by atoms with Crippen molar-refractivity contribution >= 4 is 50.7 Å². The maximum Gasteiger partial charge on any atom is 0.237 e. The lowest BCUT2D eigenvalue weighted by molar-refractivity contribution is 0.600. The summed E-state index contributed by atoms with van der Waals surface area (Å²) in [4.78, 5) is 0.853. The number of para-hydroxylation sites is 1. The SMILES string of the molecule is CSc1ccccc1NS(=O)(=O)Cc1c(Cl)cccc1Cl. The van der Waals surface area contributed by atoms with E-state index in [2.05, 4.69) is 4.72 Å². The van der Waals surface area contributed by atoms with Gasteiger partial charge in [-0.1, -0.05) is 41.4 Å². The molecule has 0 spiro atoms. The fourth-order valence-electron chi connectivity index (χ4n) is 1.79. The van der Waals surface area contributed by atoms with Crippen LogP contribution in [0, 0.1) is 0 Å². The number of hydrogen-bond donors (Lipinski definition) is 1. The van der Waals surface area contributed by atoms with Crippen LogP contribution in [0.3, 0.4) is 0 Å². The van der Waals surface area contributed by atoms with Gasteiger partial charge in [0.05, 0.1) is 11.4 Å². The van der Waals surface area contributed by atoms with Crippen molar-refractivity contribution in [1.29, 1.82) is 0 Å². The lowest BCUT2D eigenvalue weighted by atomic mass is 10.2. The van der Waals surface area contributed by atoms with Gasteiger partial charge in [0.1, 0.15) is 0 Å². The summed E-state index contributed by atoms with van der Waals surface area (Å²) in [5, 5.41) is 0.678. The lowest BCUT2D eigenvalue weighted by Crippen LogP contribution is -2.16. The molecule has 0 saturated carbocycles.